The van der Waals surface area contributed by atoms with Crippen LogP contribution in [0.3, 0.4) is 0 Å². The highest BCUT2D eigenvalue weighted by Gasteiger charge is 2.33. The largest absolute Gasteiger partial charge is 0.573 e. The lowest BCUT2D eigenvalue weighted by Gasteiger charge is -2.15. The van der Waals surface area contributed by atoms with E-state index >= 15 is 0 Å². The lowest BCUT2D eigenvalue weighted by molar-refractivity contribution is -0.275. The van der Waals surface area contributed by atoms with Gasteiger partial charge in [0.05, 0.1) is 0 Å². The van der Waals surface area contributed by atoms with E-state index in [0.29, 0.717) is 0 Å². The summed E-state index contributed by atoms with van der Waals surface area (Å²) in [7, 11) is 0. The minimum Gasteiger partial charge on any atom is -0.406 e. The third-order valence-electron chi connectivity index (χ3n) is 2.73. The molecular formula is C16H8F6O2. The quantitative estimate of drug-likeness (QED) is 0.566. The molecule has 0 aliphatic heterocycles. The first-order valence-corrected chi connectivity index (χ1v) is 6.30. The Morgan fingerprint density at radius 2 is 1.46 bits per heavy atom. The second-order valence-electron chi connectivity index (χ2n) is 4.48. The minimum absolute atomic E-state index is 0.00793. The summed E-state index contributed by atoms with van der Waals surface area (Å²) >= 11 is 0. The van der Waals surface area contributed by atoms with Gasteiger partial charge in [0.15, 0.2) is 0 Å². The van der Waals surface area contributed by atoms with E-state index in [9.17, 15) is 26.3 Å². The molecule has 2 aromatic carbocycles. The minimum atomic E-state index is -4.97. The van der Waals surface area contributed by atoms with E-state index in [1.807, 2.05) is 0 Å². The Morgan fingerprint density at radius 3 is 2.04 bits per heavy atom. The first-order valence-electron chi connectivity index (χ1n) is 6.30. The van der Waals surface area contributed by atoms with Gasteiger partial charge in [-0.15, -0.1) is 32.8 Å². The van der Waals surface area contributed by atoms with Crippen LogP contribution in [0.5, 0.6) is 11.5 Å². The van der Waals surface area contributed by atoms with Crippen LogP contribution in [-0.4, -0.2) is 12.7 Å². The van der Waals surface area contributed by atoms with Crippen molar-refractivity contribution in [3.05, 3.63) is 48.0 Å². The van der Waals surface area contributed by atoms with Crippen LogP contribution >= 0.6 is 0 Å². The molecule has 126 valence electrons. The molecule has 0 heterocycles. The van der Waals surface area contributed by atoms with Crippen LogP contribution in [0.1, 0.15) is 5.56 Å². The van der Waals surface area contributed by atoms with Crippen LogP contribution in [-0.2, 0) is 0 Å². The van der Waals surface area contributed by atoms with E-state index in [1.165, 1.54) is 24.3 Å². The molecule has 0 fully saturated rings. The monoisotopic (exact) mass is 346 g/mol. The van der Waals surface area contributed by atoms with Crippen molar-refractivity contribution in [3.63, 3.8) is 0 Å². The Hall–Kier alpha value is -2.82. The summed E-state index contributed by atoms with van der Waals surface area (Å²) in [6.45, 7) is 0. The maximum absolute atomic E-state index is 12.5. The summed E-state index contributed by atoms with van der Waals surface area (Å²) in [4.78, 5) is 0. The van der Waals surface area contributed by atoms with Gasteiger partial charge in [-0.05, 0) is 29.8 Å². The molecule has 0 saturated heterocycles. The van der Waals surface area contributed by atoms with Gasteiger partial charge in [0.2, 0.25) is 0 Å². The standard InChI is InChI=1S/C16H8F6O2/c1-2-10-7-11(9-12(8-10)23-15(17,18)19)13-5-3-4-6-14(13)24-16(20,21)22/h1,3-9H. The average Bonchev–Trinajstić information content (AvgIpc) is 2.44. The van der Waals surface area contributed by atoms with E-state index in [4.69, 9.17) is 6.42 Å². The molecule has 0 amide bonds. The number of ether oxygens (including phenoxy) is 2. The molecule has 2 rings (SSSR count). The van der Waals surface area contributed by atoms with Crippen molar-refractivity contribution >= 4 is 0 Å². The second-order valence-corrected chi connectivity index (χ2v) is 4.48. The Labute approximate surface area is 132 Å². The first-order chi connectivity index (χ1) is 11.1. The molecule has 2 aromatic rings. The van der Waals surface area contributed by atoms with E-state index in [0.717, 1.165) is 18.2 Å². The van der Waals surface area contributed by atoms with Crippen LogP contribution in [0.2, 0.25) is 0 Å². The molecule has 0 aliphatic rings. The number of halogens is 6. The van der Waals surface area contributed by atoms with Gasteiger partial charge in [-0.1, -0.05) is 24.1 Å². The second kappa shape index (κ2) is 6.35. The summed E-state index contributed by atoms with van der Waals surface area (Å²) in [6.07, 6.45) is -4.75. The van der Waals surface area contributed by atoms with Gasteiger partial charge in [-0.25, -0.2) is 0 Å². The fourth-order valence-electron chi connectivity index (χ4n) is 1.95. The predicted molar refractivity (Wildman–Crippen MR) is 73.2 cm³/mol. The Kier molecular flexibility index (Phi) is 4.64. The molecular weight excluding hydrogens is 338 g/mol. The molecule has 0 aromatic heterocycles. The van der Waals surface area contributed by atoms with Crippen molar-refractivity contribution in [2.24, 2.45) is 0 Å². The summed E-state index contributed by atoms with van der Waals surface area (Å²) in [5.74, 6) is 0.905. The highest BCUT2D eigenvalue weighted by atomic mass is 19.4. The Bertz CT molecular complexity index is 771. The van der Waals surface area contributed by atoms with Gasteiger partial charge < -0.3 is 9.47 Å². The van der Waals surface area contributed by atoms with Crippen molar-refractivity contribution in [1.29, 1.82) is 0 Å². The third kappa shape index (κ3) is 4.84. The number of terminal acetylenes is 1. The number of para-hydroxylation sites is 1. The maximum Gasteiger partial charge on any atom is 0.573 e. The lowest BCUT2D eigenvalue weighted by Crippen LogP contribution is -2.18. The topological polar surface area (TPSA) is 18.5 Å². The number of rotatable bonds is 3. The van der Waals surface area contributed by atoms with Crippen LogP contribution < -0.4 is 9.47 Å². The van der Waals surface area contributed by atoms with E-state index < -0.39 is 24.2 Å². The SMILES string of the molecule is C#Cc1cc(OC(F)(F)F)cc(-c2ccccc2OC(F)(F)F)c1. The van der Waals surface area contributed by atoms with Gasteiger partial charge in [0, 0.05) is 11.1 Å². The predicted octanol–water partition coefficient (Wildman–Crippen LogP) is 5.13. The molecule has 24 heavy (non-hydrogen) atoms. The normalized spacial score (nSPS) is 11.7. The Balaban J connectivity index is 2.53. The van der Waals surface area contributed by atoms with Gasteiger partial charge in [-0.2, -0.15) is 0 Å². The van der Waals surface area contributed by atoms with Gasteiger partial charge >= 0.3 is 12.7 Å². The molecule has 0 bridgehead atoms. The molecule has 0 N–H and O–H groups in total. The van der Waals surface area contributed by atoms with Gasteiger partial charge in [-0.3, -0.25) is 0 Å². The molecule has 0 unspecified atom stereocenters. The molecule has 0 aliphatic carbocycles. The van der Waals surface area contributed by atoms with Crippen molar-refractivity contribution in [1.82, 2.24) is 0 Å². The zero-order valence-electron chi connectivity index (χ0n) is 11.7. The van der Waals surface area contributed by atoms with E-state index in [1.54, 1.807) is 0 Å². The number of alkyl halides is 6. The van der Waals surface area contributed by atoms with Crippen LogP contribution in [0.4, 0.5) is 26.3 Å². The van der Waals surface area contributed by atoms with Crippen molar-refractivity contribution in [3.8, 4) is 35.0 Å². The Morgan fingerprint density at radius 1 is 0.833 bits per heavy atom. The van der Waals surface area contributed by atoms with Crippen molar-refractivity contribution in [2.45, 2.75) is 12.7 Å². The molecule has 0 atom stereocenters. The highest BCUT2D eigenvalue weighted by Crippen LogP contribution is 2.36. The smallest absolute Gasteiger partial charge is 0.406 e. The molecule has 0 spiro atoms. The number of hydrogen-bond acceptors (Lipinski definition) is 2. The molecule has 0 radical (unpaired) electrons. The van der Waals surface area contributed by atoms with Gasteiger partial charge in [0.1, 0.15) is 11.5 Å². The fraction of sp³-hybridized carbons (Fsp3) is 0.125. The molecule has 0 saturated carbocycles. The van der Waals surface area contributed by atoms with E-state index in [-0.39, 0.29) is 16.7 Å². The van der Waals surface area contributed by atoms with Crippen LogP contribution in [0.25, 0.3) is 11.1 Å². The fourth-order valence-corrected chi connectivity index (χ4v) is 1.95. The van der Waals surface area contributed by atoms with E-state index in [2.05, 4.69) is 15.4 Å². The lowest BCUT2D eigenvalue weighted by atomic mass is 10.0. The average molecular weight is 346 g/mol. The van der Waals surface area contributed by atoms with Gasteiger partial charge in [0.25, 0.3) is 0 Å². The molecule has 2 nitrogen and oxygen atoms in total. The number of hydrogen-bond donors (Lipinski definition) is 0. The zero-order chi connectivity index (χ0) is 18.0. The summed E-state index contributed by atoms with van der Waals surface area (Å²) < 4.78 is 82.1. The summed E-state index contributed by atoms with van der Waals surface area (Å²) in [6, 6.07) is 8.12. The third-order valence-corrected chi connectivity index (χ3v) is 2.73. The zero-order valence-corrected chi connectivity index (χ0v) is 11.7. The van der Waals surface area contributed by atoms with Crippen molar-refractivity contribution in [2.75, 3.05) is 0 Å². The first kappa shape index (κ1) is 17.5. The summed E-state index contributed by atoms with van der Waals surface area (Å²) in [5, 5.41) is 0. The number of benzene rings is 2. The highest BCUT2D eigenvalue weighted by molar-refractivity contribution is 5.73. The van der Waals surface area contributed by atoms with Crippen molar-refractivity contribution < 1.29 is 35.8 Å². The molecule has 8 heteroatoms. The maximum atomic E-state index is 12.5. The van der Waals surface area contributed by atoms with Crippen LogP contribution in [0, 0.1) is 12.3 Å². The summed E-state index contributed by atoms with van der Waals surface area (Å²) in [5.41, 5.74) is -0.0861. The van der Waals surface area contributed by atoms with Crippen LogP contribution in [0.15, 0.2) is 42.5 Å².